The molecule has 1 saturated heterocycles. The zero-order valence-electron chi connectivity index (χ0n) is 12.8. The van der Waals surface area contributed by atoms with Crippen LogP contribution in [0.25, 0.3) is 5.69 Å². The first kappa shape index (κ1) is 14.3. The topological polar surface area (TPSA) is 47.1 Å². The van der Waals surface area contributed by atoms with Crippen molar-refractivity contribution in [2.45, 2.75) is 32.4 Å². The Balaban J connectivity index is 1.72. The second kappa shape index (κ2) is 6.00. The van der Waals surface area contributed by atoms with Gasteiger partial charge in [-0.3, -0.25) is 4.90 Å². The molecule has 3 rings (SSSR count). The Morgan fingerprint density at radius 2 is 2.00 bits per heavy atom. The Bertz CT molecular complexity index is 575. The fourth-order valence-corrected chi connectivity index (χ4v) is 3.08. The molecule has 4 heteroatoms. The van der Waals surface area contributed by atoms with Crippen molar-refractivity contribution in [2.75, 3.05) is 13.1 Å². The smallest absolute Gasteiger partial charge is 0.0645 e. The molecule has 1 fully saturated rings. The van der Waals surface area contributed by atoms with Crippen molar-refractivity contribution >= 4 is 0 Å². The maximum Gasteiger partial charge on any atom is 0.0645 e. The van der Waals surface area contributed by atoms with E-state index in [-0.39, 0.29) is 6.04 Å². The zero-order chi connectivity index (χ0) is 14.8. The van der Waals surface area contributed by atoms with Crippen LogP contribution in [0, 0.1) is 5.92 Å². The first-order chi connectivity index (χ1) is 10.1. The molecule has 1 aromatic carbocycles. The van der Waals surface area contributed by atoms with Crippen molar-refractivity contribution in [3.8, 4) is 5.69 Å². The molecule has 0 bridgehead atoms. The maximum atomic E-state index is 6.04. The number of benzene rings is 1. The molecule has 0 aliphatic carbocycles. The lowest BCUT2D eigenvalue weighted by atomic mass is 10.0. The molecule has 112 valence electrons. The molecule has 0 spiro atoms. The minimum absolute atomic E-state index is 0.286. The number of hydrogen-bond acceptors (Lipinski definition) is 3. The highest BCUT2D eigenvalue weighted by Gasteiger charge is 2.29. The molecule has 3 atom stereocenters. The van der Waals surface area contributed by atoms with Gasteiger partial charge in [-0.1, -0.05) is 18.2 Å². The van der Waals surface area contributed by atoms with Crippen LogP contribution in [0.5, 0.6) is 0 Å². The Hall–Kier alpha value is -1.65. The fraction of sp³-hybridized carbons (Fsp3) is 0.471. The van der Waals surface area contributed by atoms with E-state index >= 15 is 0 Å². The number of rotatable bonds is 4. The molecule has 1 aromatic heterocycles. The summed E-state index contributed by atoms with van der Waals surface area (Å²) in [6.07, 6.45) is 5.32. The Morgan fingerprint density at radius 1 is 1.24 bits per heavy atom. The third-order valence-electron chi connectivity index (χ3n) is 4.65. The first-order valence-corrected chi connectivity index (χ1v) is 7.75. The largest absolute Gasteiger partial charge is 0.328 e. The highest BCUT2D eigenvalue weighted by Crippen LogP contribution is 2.28. The van der Waals surface area contributed by atoms with Gasteiger partial charge in [-0.25, -0.2) is 4.68 Å². The summed E-state index contributed by atoms with van der Waals surface area (Å²) in [7, 11) is 0. The lowest BCUT2D eigenvalue weighted by Crippen LogP contribution is -2.30. The number of aromatic nitrogens is 2. The van der Waals surface area contributed by atoms with Gasteiger partial charge in [0.2, 0.25) is 0 Å². The molecular weight excluding hydrogens is 260 g/mol. The summed E-state index contributed by atoms with van der Waals surface area (Å²) >= 11 is 0. The predicted molar refractivity (Wildman–Crippen MR) is 85.3 cm³/mol. The molecule has 1 aliphatic heterocycles. The second-order valence-corrected chi connectivity index (χ2v) is 6.13. The van der Waals surface area contributed by atoms with Gasteiger partial charge >= 0.3 is 0 Å². The molecular formula is C17H24N4. The predicted octanol–water partition coefficient (Wildman–Crippen LogP) is 2.60. The Morgan fingerprint density at radius 3 is 2.67 bits per heavy atom. The highest BCUT2D eigenvalue weighted by atomic mass is 15.3. The molecule has 2 aromatic rings. The number of nitrogens with two attached hydrogens (primary N) is 1. The van der Waals surface area contributed by atoms with Gasteiger partial charge in [0.1, 0.15) is 0 Å². The van der Waals surface area contributed by atoms with Gasteiger partial charge in [0, 0.05) is 30.4 Å². The van der Waals surface area contributed by atoms with Gasteiger partial charge in [-0.2, -0.15) is 5.10 Å². The van der Waals surface area contributed by atoms with Crippen LogP contribution in [0.2, 0.25) is 0 Å². The van der Waals surface area contributed by atoms with Gasteiger partial charge in [-0.05, 0) is 44.9 Å². The molecule has 0 amide bonds. The summed E-state index contributed by atoms with van der Waals surface area (Å²) in [6, 6.07) is 10.9. The van der Waals surface area contributed by atoms with Crippen LogP contribution in [-0.2, 0) is 0 Å². The van der Waals surface area contributed by atoms with E-state index in [2.05, 4.69) is 42.2 Å². The molecule has 0 radical (unpaired) electrons. The Kier molecular flexibility index (Phi) is 4.08. The van der Waals surface area contributed by atoms with E-state index in [4.69, 9.17) is 5.73 Å². The normalized spacial score (nSPS) is 22.3. The molecule has 1 aliphatic rings. The number of likely N-dealkylation sites (tertiary alicyclic amines) is 1. The summed E-state index contributed by atoms with van der Waals surface area (Å²) < 4.78 is 1.95. The van der Waals surface area contributed by atoms with Crippen molar-refractivity contribution in [1.29, 1.82) is 0 Å². The Labute approximate surface area is 126 Å². The van der Waals surface area contributed by atoms with Gasteiger partial charge in [0.25, 0.3) is 0 Å². The average molecular weight is 284 g/mol. The highest BCUT2D eigenvalue weighted by molar-refractivity contribution is 5.31. The average Bonchev–Trinajstić information content (AvgIpc) is 3.17. The molecule has 0 saturated carbocycles. The van der Waals surface area contributed by atoms with E-state index < -0.39 is 0 Å². The monoisotopic (exact) mass is 284 g/mol. The van der Waals surface area contributed by atoms with Crippen LogP contribution in [0.15, 0.2) is 42.7 Å². The lowest BCUT2D eigenvalue weighted by Gasteiger charge is -2.24. The van der Waals surface area contributed by atoms with Crippen molar-refractivity contribution in [2.24, 2.45) is 11.7 Å². The minimum Gasteiger partial charge on any atom is -0.328 e. The van der Waals surface area contributed by atoms with Crippen LogP contribution in [-0.4, -0.2) is 33.8 Å². The SMILES string of the molecule is CC(N)C1CCN(C(C)c2cnn(-c3ccccc3)c2)C1. The van der Waals surface area contributed by atoms with Gasteiger partial charge < -0.3 is 5.73 Å². The van der Waals surface area contributed by atoms with Crippen molar-refractivity contribution in [1.82, 2.24) is 14.7 Å². The second-order valence-electron chi connectivity index (χ2n) is 6.13. The molecule has 2 heterocycles. The van der Waals surface area contributed by atoms with E-state index in [1.54, 1.807) is 0 Å². The maximum absolute atomic E-state index is 6.04. The van der Waals surface area contributed by atoms with Gasteiger partial charge in [-0.15, -0.1) is 0 Å². The summed E-state index contributed by atoms with van der Waals surface area (Å²) in [4.78, 5) is 2.51. The number of nitrogens with zero attached hydrogens (tertiary/aromatic N) is 3. The lowest BCUT2D eigenvalue weighted by molar-refractivity contribution is 0.248. The van der Waals surface area contributed by atoms with Crippen LogP contribution in [0.4, 0.5) is 0 Å². The van der Waals surface area contributed by atoms with E-state index in [1.165, 1.54) is 12.0 Å². The van der Waals surface area contributed by atoms with Crippen molar-refractivity contribution in [3.05, 3.63) is 48.3 Å². The van der Waals surface area contributed by atoms with Crippen molar-refractivity contribution < 1.29 is 0 Å². The van der Waals surface area contributed by atoms with Crippen LogP contribution in [0.3, 0.4) is 0 Å². The molecule has 3 unspecified atom stereocenters. The number of para-hydroxylation sites is 1. The van der Waals surface area contributed by atoms with Crippen molar-refractivity contribution in [3.63, 3.8) is 0 Å². The molecule has 2 N–H and O–H groups in total. The van der Waals surface area contributed by atoms with E-state index in [9.17, 15) is 0 Å². The summed E-state index contributed by atoms with van der Waals surface area (Å²) in [5.74, 6) is 0.622. The third-order valence-corrected chi connectivity index (χ3v) is 4.65. The van der Waals surface area contributed by atoms with Gasteiger partial charge in [0.15, 0.2) is 0 Å². The van der Waals surface area contributed by atoms with E-state index in [0.29, 0.717) is 12.0 Å². The summed E-state index contributed by atoms with van der Waals surface area (Å²) in [6.45, 7) is 6.60. The van der Waals surface area contributed by atoms with Gasteiger partial charge in [0.05, 0.1) is 11.9 Å². The molecule has 21 heavy (non-hydrogen) atoms. The standard InChI is InChI=1S/C17H24N4/c1-13(18)15-8-9-20(11-15)14(2)16-10-19-21(12-16)17-6-4-3-5-7-17/h3-7,10,12-15H,8-9,11,18H2,1-2H3. The molecule has 4 nitrogen and oxygen atoms in total. The van der Waals surface area contributed by atoms with Crippen LogP contribution in [0.1, 0.15) is 31.9 Å². The summed E-state index contributed by atoms with van der Waals surface area (Å²) in [5.41, 5.74) is 8.41. The minimum atomic E-state index is 0.286. The quantitative estimate of drug-likeness (QED) is 0.939. The van der Waals surface area contributed by atoms with E-state index in [1.807, 2.05) is 29.1 Å². The van der Waals surface area contributed by atoms with Crippen LogP contribution < -0.4 is 5.73 Å². The fourth-order valence-electron chi connectivity index (χ4n) is 3.08. The van der Waals surface area contributed by atoms with Crippen LogP contribution >= 0.6 is 0 Å². The van der Waals surface area contributed by atoms with E-state index in [0.717, 1.165) is 18.8 Å². The first-order valence-electron chi connectivity index (χ1n) is 7.75. The zero-order valence-corrected chi connectivity index (χ0v) is 12.8. The number of hydrogen-bond donors (Lipinski definition) is 1. The third kappa shape index (κ3) is 3.01. The summed E-state index contributed by atoms with van der Waals surface area (Å²) in [5, 5.41) is 4.50.